The molecule has 6 heteroatoms. The molecule has 0 aliphatic heterocycles. The van der Waals surface area contributed by atoms with Crippen LogP contribution in [0.2, 0.25) is 0 Å². The maximum Gasteiger partial charge on any atom is 0.390 e. The number of methoxy groups -OCH3 is 1. The fourth-order valence-electron chi connectivity index (χ4n) is 1.39. The van der Waals surface area contributed by atoms with Gasteiger partial charge < -0.3 is 10.5 Å². The molecule has 0 saturated heterocycles. The van der Waals surface area contributed by atoms with Gasteiger partial charge in [0.2, 0.25) is 0 Å². The highest BCUT2D eigenvalue weighted by atomic mass is 19.4. The number of hydrogen-bond acceptors (Lipinski definition) is 2. The summed E-state index contributed by atoms with van der Waals surface area (Å²) < 4.78 is 54.2. The van der Waals surface area contributed by atoms with Gasteiger partial charge in [0.1, 0.15) is 0 Å². The number of hydrogen-bond donors (Lipinski definition) is 1. The number of para-hydroxylation sites is 1. The normalized spacial score (nSPS) is 13.6. The van der Waals surface area contributed by atoms with Crippen molar-refractivity contribution in [3.8, 4) is 5.75 Å². The predicted molar refractivity (Wildman–Crippen MR) is 50.6 cm³/mol. The fraction of sp³-hybridized carbons (Fsp3) is 0.400. The van der Waals surface area contributed by atoms with Gasteiger partial charge in [0, 0.05) is 11.6 Å². The van der Waals surface area contributed by atoms with Gasteiger partial charge >= 0.3 is 6.18 Å². The average Bonchev–Trinajstić information content (AvgIpc) is 2.14. The largest absolute Gasteiger partial charge is 0.493 e. The van der Waals surface area contributed by atoms with Gasteiger partial charge in [0.25, 0.3) is 0 Å². The van der Waals surface area contributed by atoms with Crippen LogP contribution in [-0.2, 0) is 0 Å². The lowest BCUT2D eigenvalue weighted by Gasteiger charge is -2.17. The Labute approximate surface area is 90.0 Å². The molecule has 0 bridgehead atoms. The van der Waals surface area contributed by atoms with Crippen molar-refractivity contribution in [3.05, 3.63) is 29.6 Å². The Balaban J connectivity index is 2.99. The van der Waals surface area contributed by atoms with E-state index < -0.39 is 24.5 Å². The first-order valence-corrected chi connectivity index (χ1v) is 4.50. The number of benzene rings is 1. The molecule has 1 rings (SSSR count). The van der Waals surface area contributed by atoms with Crippen LogP contribution in [0.15, 0.2) is 18.2 Å². The summed E-state index contributed by atoms with van der Waals surface area (Å²) in [6.07, 6.45) is -5.61. The van der Waals surface area contributed by atoms with Crippen LogP contribution in [0.1, 0.15) is 18.0 Å². The average molecular weight is 237 g/mol. The Kier molecular flexibility index (Phi) is 3.74. The quantitative estimate of drug-likeness (QED) is 0.820. The summed E-state index contributed by atoms with van der Waals surface area (Å²) in [4.78, 5) is 0. The van der Waals surface area contributed by atoms with Crippen molar-refractivity contribution >= 4 is 0 Å². The predicted octanol–water partition coefficient (Wildman–Crippen LogP) is 2.79. The zero-order valence-electron chi connectivity index (χ0n) is 8.51. The minimum Gasteiger partial charge on any atom is -0.493 e. The topological polar surface area (TPSA) is 35.2 Å². The molecule has 0 amide bonds. The highest BCUT2D eigenvalue weighted by molar-refractivity contribution is 5.37. The second kappa shape index (κ2) is 4.69. The standard InChI is InChI=1S/C10H11F4NO/c1-16-9-6(3-2-4-7(9)11)8(15)5-10(12,13)14/h2-4,8H,5,15H2,1H3/t8-/m0/s1. The maximum absolute atomic E-state index is 13.2. The lowest BCUT2D eigenvalue weighted by Crippen LogP contribution is -2.21. The third-order valence-electron chi connectivity index (χ3n) is 2.05. The molecule has 0 aromatic heterocycles. The van der Waals surface area contributed by atoms with Gasteiger partial charge in [-0.3, -0.25) is 0 Å². The van der Waals surface area contributed by atoms with Gasteiger partial charge in [-0.2, -0.15) is 13.2 Å². The van der Waals surface area contributed by atoms with Gasteiger partial charge in [-0.25, -0.2) is 4.39 Å². The van der Waals surface area contributed by atoms with Crippen molar-refractivity contribution in [2.75, 3.05) is 7.11 Å². The van der Waals surface area contributed by atoms with Crippen LogP contribution in [0, 0.1) is 5.82 Å². The van der Waals surface area contributed by atoms with Crippen LogP contribution in [-0.4, -0.2) is 13.3 Å². The zero-order valence-corrected chi connectivity index (χ0v) is 8.51. The fourth-order valence-corrected chi connectivity index (χ4v) is 1.39. The van der Waals surface area contributed by atoms with E-state index in [0.717, 1.165) is 6.07 Å². The highest BCUT2D eigenvalue weighted by Crippen LogP contribution is 2.33. The number of halogens is 4. The van der Waals surface area contributed by atoms with Crippen LogP contribution in [0.25, 0.3) is 0 Å². The summed E-state index contributed by atoms with van der Waals surface area (Å²) in [5, 5.41) is 0. The van der Waals surface area contributed by atoms with E-state index in [2.05, 4.69) is 4.74 Å². The Morgan fingerprint density at radius 2 is 2.00 bits per heavy atom. The van der Waals surface area contributed by atoms with Crippen molar-refractivity contribution in [1.29, 1.82) is 0 Å². The van der Waals surface area contributed by atoms with E-state index >= 15 is 0 Å². The van der Waals surface area contributed by atoms with E-state index in [4.69, 9.17) is 5.73 Å². The molecular formula is C10H11F4NO. The lowest BCUT2D eigenvalue weighted by molar-refractivity contribution is -0.138. The second-order valence-electron chi connectivity index (χ2n) is 3.29. The third-order valence-corrected chi connectivity index (χ3v) is 2.05. The molecule has 0 unspecified atom stereocenters. The van der Waals surface area contributed by atoms with Gasteiger partial charge in [-0.15, -0.1) is 0 Å². The molecule has 1 atom stereocenters. The minimum absolute atomic E-state index is 0.0137. The van der Waals surface area contributed by atoms with E-state index in [1.807, 2.05) is 0 Å². The molecule has 0 fully saturated rings. The molecule has 0 aliphatic rings. The van der Waals surface area contributed by atoms with Crippen LogP contribution >= 0.6 is 0 Å². The number of rotatable bonds is 3. The molecule has 0 aliphatic carbocycles. The van der Waals surface area contributed by atoms with Crippen LogP contribution in [0.4, 0.5) is 17.6 Å². The molecule has 0 saturated carbocycles. The molecule has 16 heavy (non-hydrogen) atoms. The van der Waals surface area contributed by atoms with Crippen molar-refractivity contribution < 1.29 is 22.3 Å². The second-order valence-corrected chi connectivity index (χ2v) is 3.29. The molecule has 1 aromatic carbocycles. The third kappa shape index (κ3) is 3.10. The summed E-state index contributed by atoms with van der Waals surface area (Å²) >= 11 is 0. The Morgan fingerprint density at radius 3 is 2.50 bits per heavy atom. The first-order chi connectivity index (χ1) is 7.35. The molecule has 0 radical (unpaired) electrons. The lowest BCUT2D eigenvalue weighted by atomic mass is 10.0. The summed E-state index contributed by atoms with van der Waals surface area (Å²) in [7, 11) is 1.18. The highest BCUT2D eigenvalue weighted by Gasteiger charge is 2.32. The number of ether oxygens (including phenoxy) is 1. The van der Waals surface area contributed by atoms with Crippen LogP contribution in [0.3, 0.4) is 0 Å². The molecule has 90 valence electrons. The van der Waals surface area contributed by atoms with E-state index in [1.165, 1.54) is 19.2 Å². The van der Waals surface area contributed by atoms with Crippen molar-refractivity contribution in [2.45, 2.75) is 18.6 Å². The van der Waals surface area contributed by atoms with Gasteiger partial charge in [-0.05, 0) is 6.07 Å². The first kappa shape index (κ1) is 12.8. The molecule has 0 spiro atoms. The monoisotopic (exact) mass is 237 g/mol. The molecule has 2 nitrogen and oxygen atoms in total. The summed E-state index contributed by atoms with van der Waals surface area (Å²) in [6, 6.07) is 2.38. The number of nitrogens with two attached hydrogens (primary N) is 1. The number of alkyl halides is 3. The van der Waals surface area contributed by atoms with E-state index in [0.29, 0.717) is 0 Å². The molecular weight excluding hydrogens is 226 g/mol. The Bertz CT molecular complexity index is 364. The molecule has 1 aromatic rings. The zero-order chi connectivity index (χ0) is 12.3. The Hall–Kier alpha value is -1.30. The van der Waals surface area contributed by atoms with Gasteiger partial charge in [-0.1, -0.05) is 12.1 Å². The van der Waals surface area contributed by atoms with Crippen molar-refractivity contribution in [1.82, 2.24) is 0 Å². The molecule has 2 N–H and O–H groups in total. The van der Waals surface area contributed by atoms with Crippen molar-refractivity contribution in [2.24, 2.45) is 5.73 Å². The van der Waals surface area contributed by atoms with Crippen LogP contribution < -0.4 is 10.5 Å². The van der Waals surface area contributed by atoms with Gasteiger partial charge in [0.05, 0.1) is 13.5 Å². The maximum atomic E-state index is 13.2. The molecule has 0 heterocycles. The summed E-state index contributed by atoms with van der Waals surface area (Å²) in [5.74, 6) is -0.961. The van der Waals surface area contributed by atoms with Crippen LogP contribution in [0.5, 0.6) is 5.75 Å². The minimum atomic E-state index is -4.39. The Morgan fingerprint density at radius 1 is 1.38 bits per heavy atom. The summed E-state index contributed by atoms with van der Waals surface area (Å²) in [6.45, 7) is 0. The first-order valence-electron chi connectivity index (χ1n) is 4.50. The SMILES string of the molecule is COc1c(F)cccc1[C@@H](N)CC(F)(F)F. The van der Waals surface area contributed by atoms with Gasteiger partial charge in [0.15, 0.2) is 11.6 Å². The van der Waals surface area contributed by atoms with E-state index in [1.54, 1.807) is 0 Å². The van der Waals surface area contributed by atoms with E-state index in [9.17, 15) is 17.6 Å². The summed E-state index contributed by atoms with van der Waals surface area (Å²) in [5.41, 5.74) is 5.37. The van der Waals surface area contributed by atoms with Crippen molar-refractivity contribution in [3.63, 3.8) is 0 Å². The smallest absolute Gasteiger partial charge is 0.390 e. The van der Waals surface area contributed by atoms with E-state index in [-0.39, 0.29) is 11.3 Å².